The standard InChI is InChI=1S/C10H19N5O2S/c1-8-7-9(14-10(11-2)13-8)12-5-6-18(16,17)15(3)4/h7H,5-6H2,1-4H3,(H2,11,12,13,14). The van der Waals surface area contributed by atoms with Gasteiger partial charge in [-0.1, -0.05) is 0 Å². The molecule has 1 aromatic heterocycles. The van der Waals surface area contributed by atoms with Gasteiger partial charge in [0.2, 0.25) is 16.0 Å². The van der Waals surface area contributed by atoms with Gasteiger partial charge in [-0.15, -0.1) is 0 Å². The third kappa shape index (κ3) is 4.11. The first kappa shape index (κ1) is 14.7. The summed E-state index contributed by atoms with van der Waals surface area (Å²) in [5, 5.41) is 5.82. The van der Waals surface area contributed by atoms with Crippen LogP contribution in [0.5, 0.6) is 0 Å². The maximum Gasteiger partial charge on any atom is 0.224 e. The van der Waals surface area contributed by atoms with Crippen molar-refractivity contribution in [2.75, 3.05) is 44.1 Å². The van der Waals surface area contributed by atoms with Gasteiger partial charge in [-0.25, -0.2) is 17.7 Å². The van der Waals surface area contributed by atoms with Crippen molar-refractivity contribution in [1.29, 1.82) is 0 Å². The second kappa shape index (κ2) is 5.96. The number of hydrogen-bond donors (Lipinski definition) is 2. The van der Waals surface area contributed by atoms with Crippen molar-refractivity contribution in [2.24, 2.45) is 0 Å². The van der Waals surface area contributed by atoms with Gasteiger partial charge in [0.05, 0.1) is 5.75 Å². The molecule has 1 aromatic rings. The van der Waals surface area contributed by atoms with Crippen LogP contribution in [0.1, 0.15) is 5.69 Å². The minimum Gasteiger partial charge on any atom is -0.369 e. The topological polar surface area (TPSA) is 87.2 Å². The maximum absolute atomic E-state index is 11.6. The second-order valence-corrected chi connectivity index (χ2v) is 6.30. The summed E-state index contributed by atoms with van der Waals surface area (Å²) in [6, 6.07) is 1.77. The lowest BCUT2D eigenvalue weighted by molar-refractivity contribution is 0.521. The smallest absolute Gasteiger partial charge is 0.224 e. The van der Waals surface area contributed by atoms with Crippen molar-refractivity contribution in [3.8, 4) is 0 Å². The van der Waals surface area contributed by atoms with E-state index in [0.717, 1.165) is 5.69 Å². The molecular weight excluding hydrogens is 254 g/mol. The van der Waals surface area contributed by atoms with Gasteiger partial charge in [0, 0.05) is 39.4 Å². The zero-order valence-corrected chi connectivity index (χ0v) is 11.9. The van der Waals surface area contributed by atoms with Gasteiger partial charge in [-0.2, -0.15) is 4.98 Å². The van der Waals surface area contributed by atoms with Gasteiger partial charge in [0.15, 0.2) is 0 Å². The highest BCUT2D eigenvalue weighted by Crippen LogP contribution is 2.08. The van der Waals surface area contributed by atoms with Crippen molar-refractivity contribution in [1.82, 2.24) is 14.3 Å². The van der Waals surface area contributed by atoms with Crippen molar-refractivity contribution < 1.29 is 8.42 Å². The summed E-state index contributed by atoms with van der Waals surface area (Å²) >= 11 is 0. The molecule has 2 N–H and O–H groups in total. The van der Waals surface area contributed by atoms with Gasteiger partial charge < -0.3 is 10.6 Å². The summed E-state index contributed by atoms with van der Waals surface area (Å²) < 4.78 is 24.3. The van der Waals surface area contributed by atoms with Gasteiger partial charge in [-0.05, 0) is 6.92 Å². The Balaban J connectivity index is 2.62. The molecule has 0 saturated heterocycles. The fourth-order valence-corrected chi connectivity index (χ4v) is 1.99. The maximum atomic E-state index is 11.6. The lowest BCUT2D eigenvalue weighted by Gasteiger charge is -2.12. The van der Waals surface area contributed by atoms with Gasteiger partial charge >= 0.3 is 0 Å². The van der Waals surface area contributed by atoms with Crippen LogP contribution in [-0.4, -0.2) is 56.1 Å². The van der Waals surface area contributed by atoms with E-state index in [1.165, 1.54) is 18.4 Å². The van der Waals surface area contributed by atoms with Crippen LogP contribution in [-0.2, 0) is 10.0 Å². The molecule has 1 rings (SSSR count). The average Bonchev–Trinajstić information content (AvgIpc) is 2.27. The summed E-state index contributed by atoms with van der Waals surface area (Å²) in [5.74, 6) is 1.14. The summed E-state index contributed by atoms with van der Waals surface area (Å²) in [7, 11) is 1.58. The molecule has 0 fully saturated rings. The van der Waals surface area contributed by atoms with Crippen LogP contribution >= 0.6 is 0 Å². The molecule has 0 atom stereocenters. The Kier molecular flexibility index (Phi) is 4.85. The molecule has 0 radical (unpaired) electrons. The van der Waals surface area contributed by atoms with Gasteiger partial charge in [0.1, 0.15) is 5.82 Å². The number of aromatic nitrogens is 2. The molecule has 0 aromatic carbocycles. The van der Waals surface area contributed by atoms with Crippen LogP contribution in [0.4, 0.5) is 11.8 Å². The largest absolute Gasteiger partial charge is 0.369 e. The highest BCUT2D eigenvalue weighted by molar-refractivity contribution is 7.89. The Hall–Kier alpha value is -1.41. The first-order valence-electron chi connectivity index (χ1n) is 5.52. The van der Waals surface area contributed by atoms with Crippen molar-refractivity contribution in [2.45, 2.75) is 6.92 Å². The van der Waals surface area contributed by atoms with E-state index in [4.69, 9.17) is 0 Å². The molecule has 1 heterocycles. The summed E-state index contributed by atoms with van der Waals surface area (Å²) in [4.78, 5) is 8.32. The molecular formula is C10H19N5O2S. The molecule has 0 aliphatic rings. The van der Waals surface area contributed by atoms with Crippen LogP contribution in [0.15, 0.2) is 6.07 Å². The van der Waals surface area contributed by atoms with Gasteiger partial charge in [0.25, 0.3) is 0 Å². The quantitative estimate of drug-likeness (QED) is 0.766. The van der Waals surface area contributed by atoms with Crippen LogP contribution in [0.25, 0.3) is 0 Å². The number of sulfonamides is 1. The van der Waals surface area contributed by atoms with Crippen LogP contribution in [0, 0.1) is 6.92 Å². The van der Waals surface area contributed by atoms with Crippen molar-refractivity contribution >= 4 is 21.8 Å². The van der Waals surface area contributed by atoms with Crippen LogP contribution in [0.2, 0.25) is 0 Å². The third-order valence-corrected chi connectivity index (χ3v) is 4.13. The van der Waals surface area contributed by atoms with E-state index in [-0.39, 0.29) is 5.75 Å². The SMILES string of the molecule is CNc1nc(C)cc(NCCS(=O)(=O)N(C)C)n1. The first-order valence-corrected chi connectivity index (χ1v) is 7.13. The summed E-state index contributed by atoms with van der Waals surface area (Å²) in [6.07, 6.45) is 0. The Labute approximate surface area is 108 Å². The number of nitrogens with one attached hydrogen (secondary N) is 2. The van der Waals surface area contributed by atoms with E-state index in [1.54, 1.807) is 13.1 Å². The molecule has 18 heavy (non-hydrogen) atoms. The molecule has 0 aliphatic carbocycles. The molecule has 0 unspecified atom stereocenters. The Bertz CT molecular complexity index is 501. The van der Waals surface area contributed by atoms with E-state index >= 15 is 0 Å². The zero-order valence-electron chi connectivity index (χ0n) is 11.1. The number of hydrogen-bond acceptors (Lipinski definition) is 6. The van der Waals surface area contributed by atoms with E-state index < -0.39 is 10.0 Å². The number of aryl methyl sites for hydroxylation is 1. The minimum absolute atomic E-state index is 0.0257. The van der Waals surface area contributed by atoms with Crippen LogP contribution in [0.3, 0.4) is 0 Å². The molecule has 0 aliphatic heterocycles. The molecule has 0 saturated carbocycles. The third-order valence-electron chi connectivity index (χ3n) is 2.30. The number of nitrogens with zero attached hydrogens (tertiary/aromatic N) is 3. The molecule has 102 valence electrons. The van der Waals surface area contributed by atoms with Crippen molar-refractivity contribution in [3.05, 3.63) is 11.8 Å². The summed E-state index contributed by atoms with van der Waals surface area (Å²) in [5.41, 5.74) is 0.812. The predicted octanol–water partition coefficient (Wildman–Crippen LogP) is 0.130. The first-order chi connectivity index (χ1) is 8.35. The number of anilines is 2. The lowest BCUT2D eigenvalue weighted by Crippen LogP contribution is -2.28. The zero-order chi connectivity index (χ0) is 13.8. The molecule has 0 bridgehead atoms. The Morgan fingerprint density at radius 1 is 1.33 bits per heavy atom. The van der Waals surface area contributed by atoms with E-state index in [0.29, 0.717) is 18.3 Å². The monoisotopic (exact) mass is 273 g/mol. The Morgan fingerprint density at radius 2 is 2.00 bits per heavy atom. The van der Waals surface area contributed by atoms with Crippen LogP contribution < -0.4 is 10.6 Å². The molecule has 0 amide bonds. The lowest BCUT2D eigenvalue weighted by atomic mass is 10.4. The van der Waals surface area contributed by atoms with Crippen molar-refractivity contribution in [3.63, 3.8) is 0 Å². The van der Waals surface area contributed by atoms with E-state index in [2.05, 4.69) is 20.6 Å². The fraction of sp³-hybridized carbons (Fsp3) is 0.600. The fourth-order valence-electron chi connectivity index (χ4n) is 1.26. The highest BCUT2D eigenvalue weighted by atomic mass is 32.2. The second-order valence-electron chi connectivity index (χ2n) is 3.99. The molecule has 7 nitrogen and oxygen atoms in total. The van der Waals surface area contributed by atoms with Gasteiger partial charge in [-0.3, -0.25) is 0 Å². The number of rotatable bonds is 6. The predicted molar refractivity (Wildman–Crippen MR) is 72.3 cm³/mol. The normalized spacial score (nSPS) is 11.6. The Morgan fingerprint density at radius 3 is 2.56 bits per heavy atom. The van der Waals surface area contributed by atoms with E-state index in [1.807, 2.05) is 6.92 Å². The average molecular weight is 273 g/mol. The minimum atomic E-state index is -3.18. The molecule has 0 spiro atoms. The summed E-state index contributed by atoms with van der Waals surface area (Å²) in [6.45, 7) is 2.16. The highest BCUT2D eigenvalue weighted by Gasteiger charge is 2.12. The van der Waals surface area contributed by atoms with E-state index in [9.17, 15) is 8.42 Å². The molecule has 8 heteroatoms.